The van der Waals surface area contributed by atoms with E-state index in [1.54, 1.807) is 33.5 Å². The second kappa shape index (κ2) is 16.1. The van der Waals surface area contributed by atoms with Gasteiger partial charge < -0.3 is 30.2 Å². The highest BCUT2D eigenvalue weighted by atomic mass is 16.5. The third-order valence-corrected chi connectivity index (χ3v) is 8.60. The Morgan fingerprint density at radius 1 is 0.938 bits per heavy atom. The Kier molecular flexibility index (Phi) is 11.5. The highest BCUT2D eigenvalue weighted by Crippen LogP contribution is 2.50. The molecule has 0 aliphatic heterocycles. The number of hydrogen-bond donors (Lipinski definition) is 3. The molecule has 1 unspecified atom stereocenters. The van der Waals surface area contributed by atoms with Gasteiger partial charge in [0, 0.05) is 44.6 Å². The Balaban J connectivity index is 1.18. The van der Waals surface area contributed by atoms with E-state index in [1.165, 1.54) is 6.92 Å². The Morgan fingerprint density at radius 3 is 2.54 bits per heavy atom. The Labute approximate surface area is 280 Å². The number of hydrogen-bond acceptors (Lipinski definition) is 9. The zero-order valence-corrected chi connectivity index (χ0v) is 28.1. The van der Waals surface area contributed by atoms with Crippen LogP contribution in [0.3, 0.4) is 0 Å². The van der Waals surface area contributed by atoms with Crippen LogP contribution in [0, 0.1) is 0 Å². The minimum absolute atomic E-state index is 0.0335. The van der Waals surface area contributed by atoms with Crippen LogP contribution in [0.1, 0.15) is 68.4 Å². The first kappa shape index (κ1) is 34.2. The number of methoxy groups -OCH3 is 3. The molecule has 2 aromatic carbocycles. The number of ether oxygens (including phenoxy) is 3. The van der Waals surface area contributed by atoms with Gasteiger partial charge in [-0.2, -0.15) is 0 Å². The number of benzene rings is 1. The topological polar surface area (TPSA) is 145 Å². The number of unbranched alkanes of at least 4 members (excludes halogenated alkanes) is 2. The first-order valence-electron chi connectivity index (χ1n) is 16.4. The summed E-state index contributed by atoms with van der Waals surface area (Å²) in [5.74, 6) is 2.27. The number of fused-ring (bicyclic) bond motifs is 4. The van der Waals surface area contributed by atoms with Gasteiger partial charge in [0.2, 0.25) is 23.0 Å². The molecule has 12 nitrogen and oxygen atoms in total. The van der Waals surface area contributed by atoms with Crippen LogP contribution in [0.15, 0.2) is 53.5 Å². The highest BCUT2D eigenvalue weighted by molar-refractivity contribution is 5.83. The molecule has 3 N–H and O–H groups in total. The number of aryl methyl sites for hydroxylation is 2. The molecule has 0 saturated carbocycles. The summed E-state index contributed by atoms with van der Waals surface area (Å²) in [5.41, 5.74) is 4.39. The van der Waals surface area contributed by atoms with Crippen LogP contribution in [0.25, 0.3) is 16.8 Å². The number of carbonyl (C=O) groups excluding carboxylic acids is 2. The first-order chi connectivity index (χ1) is 23.3. The van der Waals surface area contributed by atoms with E-state index in [4.69, 9.17) is 14.2 Å². The lowest BCUT2D eigenvalue weighted by Gasteiger charge is -2.19. The van der Waals surface area contributed by atoms with E-state index in [9.17, 15) is 14.4 Å². The molecule has 48 heavy (non-hydrogen) atoms. The molecule has 2 heterocycles. The summed E-state index contributed by atoms with van der Waals surface area (Å²) >= 11 is 0. The van der Waals surface area contributed by atoms with Crippen LogP contribution < -0.4 is 35.6 Å². The monoisotopic (exact) mass is 656 g/mol. The Morgan fingerprint density at radius 2 is 1.77 bits per heavy atom. The predicted molar refractivity (Wildman–Crippen MR) is 184 cm³/mol. The first-order valence-corrected chi connectivity index (χ1v) is 16.4. The molecule has 0 spiro atoms. The van der Waals surface area contributed by atoms with Gasteiger partial charge in [0.15, 0.2) is 17.1 Å². The lowest BCUT2D eigenvalue weighted by Crippen LogP contribution is -2.26. The van der Waals surface area contributed by atoms with Crippen molar-refractivity contribution in [3.8, 4) is 28.4 Å². The zero-order valence-electron chi connectivity index (χ0n) is 28.1. The van der Waals surface area contributed by atoms with Crippen molar-refractivity contribution < 1.29 is 23.8 Å². The van der Waals surface area contributed by atoms with Crippen molar-refractivity contribution in [2.45, 2.75) is 64.3 Å². The number of rotatable bonds is 15. The van der Waals surface area contributed by atoms with E-state index in [1.807, 2.05) is 40.9 Å². The van der Waals surface area contributed by atoms with E-state index in [-0.39, 0.29) is 23.3 Å². The molecule has 1 aliphatic rings. The van der Waals surface area contributed by atoms with Gasteiger partial charge in [-0.15, -0.1) is 10.2 Å². The number of aromatic nitrogens is 3. The molecule has 0 bridgehead atoms. The maximum atomic E-state index is 13.5. The molecule has 0 fully saturated rings. The second-order valence-electron chi connectivity index (χ2n) is 11.8. The van der Waals surface area contributed by atoms with Gasteiger partial charge in [-0.05, 0) is 79.1 Å². The van der Waals surface area contributed by atoms with Crippen LogP contribution in [0.5, 0.6) is 17.2 Å². The van der Waals surface area contributed by atoms with Crippen molar-refractivity contribution >= 4 is 23.1 Å². The summed E-state index contributed by atoms with van der Waals surface area (Å²) in [4.78, 5) is 38.0. The molecular weight excluding hydrogens is 612 g/mol. The minimum Gasteiger partial charge on any atom is -0.493 e. The van der Waals surface area contributed by atoms with Crippen LogP contribution in [0.2, 0.25) is 0 Å². The number of nitrogens with zero attached hydrogens (tertiary/aromatic N) is 3. The number of amides is 2. The van der Waals surface area contributed by atoms with Crippen LogP contribution in [-0.4, -0.2) is 60.8 Å². The van der Waals surface area contributed by atoms with Crippen LogP contribution in [-0.2, 0) is 22.4 Å². The van der Waals surface area contributed by atoms with Gasteiger partial charge in [-0.25, -0.2) is 0 Å². The fourth-order valence-electron chi connectivity index (χ4n) is 6.29. The smallest absolute Gasteiger partial charge is 0.219 e. The molecule has 2 amide bonds. The van der Waals surface area contributed by atoms with E-state index in [0.29, 0.717) is 60.9 Å². The van der Waals surface area contributed by atoms with Gasteiger partial charge in [0.1, 0.15) is 5.82 Å². The zero-order chi connectivity index (χ0) is 34.0. The molecular formula is C36H44N6O6. The maximum absolute atomic E-state index is 13.5. The van der Waals surface area contributed by atoms with E-state index < -0.39 is 0 Å². The molecule has 12 heteroatoms. The third kappa shape index (κ3) is 7.87. The van der Waals surface area contributed by atoms with Crippen molar-refractivity contribution in [3.63, 3.8) is 0 Å². The summed E-state index contributed by atoms with van der Waals surface area (Å²) in [6.45, 7) is 2.64. The average molecular weight is 657 g/mol. The summed E-state index contributed by atoms with van der Waals surface area (Å²) in [6, 6.07) is 12.7. The lowest BCUT2D eigenvalue weighted by molar-refractivity contribution is -0.121. The predicted octanol–water partition coefficient (Wildman–Crippen LogP) is 4.63. The summed E-state index contributed by atoms with van der Waals surface area (Å²) < 4.78 is 19.1. The van der Waals surface area contributed by atoms with Crippen molar-refractivity contribution in [1.82, 2.24) is 25.2 Å². The van der Waals surface area contributed by atoms with Crippen molar-refractivity contribution in [2.24, 2.45) is 0 Å². The molecule has 1 atom stereocenters. The molecule has 0 saturated heterocycles. The molecule has 0 radical (unpaired) electrons. The van der Waals surface area contributed by atoms with E-state index in [2.05, 4.69) is 26.1 Å². The second-order valence-corrected chi connectivity index (χ2v) is 11.8. The largest absolute Gasteiger partial charge is 0.493 e. The average Bonchev–Trinajstić information content (AvgIpc) is 3.35. The van der Waals surface area contributed by atoms with Gasteiger partial charge >= 0.3 is 0 Å². The standard InChI is InChI=1S/C36H44N6O6/c1-23(43)39-27-16-14-24-21-30(46-2)35(47-3)36(48-4)34(24)25-15-17-28(29(44)22-26(25)27)37-18-8-5-6-13-33(45)38-19-10-12-32-41-40-31-11-7-9-20-42(31)32/h7,9,11,15,17,20-22,27H,5-6,8,10,12-14,16,18-19H2,1-4H3,(H,37,44)(H,38,45)(H,39,43). The van der Waals surface area contributed by atoms with Gasteiger partial charge in [0.25, 0.3) is 0 Å². The molecule has 4 aromatic rings. The van der Waals surface area contributed by atoms with Gasteiger partial charge in [-0.3, -0.25) is 18.8 Å². The van der Waals surface area contributed by atoms with E-state index in [0.717, 1.165) is 60.3 Å². The number of pyridine rings is 1. The number of carbonyl (C=O) groups is 2. The fraction of sp³-hybridized carbons (Fsp3) is 0.417. The maximum Gasteiger partial charge on any atom is 0.219 e. The normalized spacial score (nSPS) is 13.5. The quantitative estimate of drug-likeness (QED) is 0.156. The summed E-state index contributed by atoms with van der Waals surface area (Å²) in [7, 11) is 4.72. The number of anilines is 1. The van der Waals surface area contributed by atoms with Crippen molar-refractivity contribution in [2.75, 3.05) is 39.7 Å². The molecule has 254 valence electrons. The molecule has 1 aliphatic carbocycles. The summed E-state index contributed by atoms with van der Waals surface area (Å²) in [5, 5.41) is 17.7. The van der Waals surface area contributed by atoms with Gasteiger partial charge in [0.05, 0.1) is 33.1 Å². The molecule has 5 rings (SSSR count). The third-order valence-electron chi connectivity index (χ3n) is 8.60. The highest BCUT2D eigenvalue weighted by Gasteiger charge is 2.29. The fourth-order valence-corrected chi connectivity index (χ4v) is 6.29. The Bertz CT molecular complexity index is 1820. The number of nitrogens with one attached hydrogen (secondary N) is 3. The van der Waals surface area contributed by atoms with Crippen molar-refractivity contribution in [3.05, 3.63) is 75.8 Å². The minimum atomic E-state index is -0.367. The van der Waals surface area contributed by atoms with Crippen LogP contribution in [0.4, 0.5) is 5.69 Å². The lowest BCUT2D eigenvalue weighted by atomic mass is 9.95. The van der Waals surface area contributed by atoms with Crippen molar-refractivity contribution in [1.29, 1.82) is 0 Å². The Hall–Kier alpha value is -5.13. The van der Waals surface area contributed by atoms with Gasteiger partial charge in [-0.1, -0.05) is 18.6 Å². The van der Waals surface area contributed by atoms with E-state index >= 15 is 0 Å². The van der Waals surface area contributed by atoms with Crippen LogP contribution >= 0.6 is 0 Å². The SMILES string of the molecule is COc1cc2c(c(OC)c1OC)-c1ccc(NCCCCCC(=O)NCCCc3nnc4ccccn34)c(=O)cc1C(NC(C)=O)CC2. The molecule has 2 aromatic heterocycles. The summed E-state index contributed by atoms with van der Waals surface area (Å²) in [6.07, 6.45) is 7.53.